The number of hydrogen-bond acceptors (Lipinski definition) is 4. The fraction of sp³-hybridized carbons (Fsp3) is 0.333. The van der Waals surface area contributed by atoms with Gasteiger partial charge in [0.05, 0.1) is 11.1 Å². The van der Waals surface area contributed by atoms with Crippen LogP contribution in [0.5, 0.6) is 0 Å². The molecule has 2 amide bonds. The van der Waals surface area contributed by atoms with Gasteiger partial charge in [-0.05, 0) is 24.1 Å². The Balaban J connectivity index is 2.01. The summed E-state index contributed by atoms with van der Waals surface area (Å²) in [7, 11) is 1.76. The molecule has 2 rings (SSSR count). The first kappa shape index (κ1) is 17.6. The van der Waals surface area contributed by atoms with Crippen molar-refractivity contribution in [2.75, 3.05) is 13.6 Å². The van der Waals surface area contributed by atoms with E-state index in [0.29, 0.717) is 24.2 Å². The van der Waals surface area contributed by atoms with E-state index in [9.17, 15) is 9.59 Å². The van der Waals surface area contributed by atoms with Gasteiger partial charge in [-0.25, -0.2) is 0 Å². The van der Waals surface area contributed by atoms with Crippen molar-refractivity contribution in [3.63, 3.8) is 0 Å². The molecule has 0 saturated heterocycles. The second-order valence-electron chi connectivity index (χ2n) is 5.59. The van der Waals surface area contributed by atoms with Gasteiger partial charge in [0.2, 0.25) is 0 Å². The highest BCUT2D eigenvalue weighted by Crippen LogP contribution is 2.07. The molecule has 6 heteroatoms. The molecule has 0 aromatic carbocycles. The van der Waals surface area contributed by atoms with E-state index in [1.54, 1.807) is 30.4 Å². The van der Waals surface area contributed by atoms with Crippen molar-refractivity contribution in [2.24, 2.45) is 0 Å². The fourth-order valence-corrected chi connectivity index (χ4v) is 2.19. The molecule has 0 fully saturated rings. The van der Waals surface area contributed by atoms with Crippen LogP contribution >= 0.6 is 0 Å². The van der Waals surface area contributed by atoms with Gasteiger partial charge in [0.1, 0.15) is 0 Å². The van der Waals surface area contributed by atoms with Crippen LogP contribution in [0.1, 0.15) is 46.0 Å². The molecule has 0 aliphatic rings. The molecule has 0 unspecified atom stereocenters. The molecule has 2 aromatic rings. The van der Waals surface area contributed by atoms with Crippen molar-refractivity contribution >= 4 is 11.8 Å². The lowest BCUT2D eigenvalue weighted by atomic mass is 10.1. The second-order valence-corrected chi connectivity index (χ2v) is 5.59. The van der Waals surface area contributed by atoms with Crippen molar-refractivity contribution < 1.29 is 9.59 Å². The number of nitrogens with zero attached hydrogens (tertiary/aromatic N) is 3. The first-order valence-electron chi connectivity index (χ1n) is 7.99. The summed E-state index contributed by atoms with van der Waals surface area (Å²) >= 11 is 0. The Morgan fingerprint density at radius 2 is 1.96 bits per heavy atom. The van der Waals surface area contributed by atoms with Crippen LogP contribution in [0.4, 0.5) is 0 Å². The number of unbranched alkanes of at least 4 members (excludes halogenated alkanes) is 1. The lowest BCUT2D eigenvalue weighted by Gasteiger charge is -2.16. The maximum absolute atomic E-state index is 12.4. The second kappa shape index (κ2) is 8.76. The normalized spacial score (nSPS) is 10.2. The van der Waals surface area contributed by atoms with Crippen molar-refractivity contribution in [3.05, 3.63) is 59.7 Å². The number of carbonyl (C=O) groups excluding carboxylic acids is 2. The van der Waals surface area contributed by atoms with Gasteiger partial charge < -0.3 is 10.2 Å². The van der Waals surface area contributed by atoms with E-state index < -0.39 is 0 Å². The average Bonchev–Trinajstić information content (AvgIpc) is 2.64. The van der Waals surface area contributed by atoms with Crippen LogP contribution in [-0.2, 0) is 6.54 Å². The summed E-state index contributed by atoms with van der Waals surface area (Å²) in [5.74, 6) is -0.393. The van der Waals surface area contributed by atoms with Crippen LogP contribution in [0.3, 0.4) is 0 Å². The molecule has 2 heterocycles. The monoisotopic (exact) mass is 326 g/mol. The molecule has 6 nitrogen and oxygen atoms in total. The third-order valence-electron chi connectivity index (χ3n) is 3.62. The van der Waals surface area contributed by atoms with Crippen LogP contribution < -0.4 is 5.32 Å². The number of amides is 2. The molecule has 0 bridgehead atoms. The predicted molar refractivity (Wildman–Crippen MR) is 91.5 cm³/mol. The van der Waals surface area contributed by atoms with E-state index in [-0.39, 0.29) is 11.8 Å². The quantitative estimate of drug-likeness (QED) is 0.847. The predicted octanol–water partition coefficient (Wildman–Crippen LogP) is 2.28. The number of carbonyl (C=O) groups is 2. The summed E-state index contributed by atoms with van der Waals surface area (Å²) in [5, 5.41) is 2.80. The molecule has 0 aliphatic carbocycles. The average molecular weight is 326 g/mol. The maximum atomic E-state index is 12.4. The lowest BCUT2D eigenvalue weighted by molar-refractivity contribution is 0.0793. The lowest BCUT2D eigenvalue weighted by Crippen LogP contribution is -2.28. The highest BCUT2D eigenvalue weighted by atomic mass is 16.2. The molecule has 0 radical (unpaired) electrons. The van der Waals surface area contributed by atoms with E-state index in [4.69, 9.17) is 0 Å². The van der Waals surface area contributed by atoms with E-state index in [2.05, 4.69) is 22.2 Å². The number of rotatable bonds is 7. The Morgan fingerprint density at radius 1 is 1.17 bits per heavy atom. The molecule has 2 aromatic heterocycles. The molecule has 0 saturated carbocycles. The Bertz CT molecular complexity index is 688. The Kier molecular flexibility index (Phi) is 6.42. The number of aromatic nitrogens is 2. The van der Waals surface area contributed by atoms with Gasteiger partial charge in [-0.2, -0.15) is 0 Å². The molecule has 0 atom stereocenters. The summed E-state index contributed by atoms with van der Waals surface area (Å²) in [6, 6.07) is 5.28. The van der Waals surface area contributed by atoms with Crippen molar-refractivity contribution in [3.8, 4) is 0 Å². The van der Waals surface area contributed by atoms with E-state index in [1.807, 2.05) is 12.1 Å². The van der Waals surface area contributed by atoms with E-state index in [0.717, 1.165) is 18.4 Å². The standard InChI is InChI=1S/C18H22N4O2/c1-3-4-8-22(2)18(24)16-9-15(12-20-13-16)17(23)21-11-14-6-5-7-19-10-14/h5-7,9-10,12-13H,3-4,8,11H2,1-2H3,(H,21,23). The van der Waals surface area contributed by atoms with Gasteiger partial charge in [-0.1, -0.05) is 19.4 Å². The summed E-state index contributed by atoms with van der Waals surface area (Å²) in [6.45, 7) is 3.14. The number of pyridine rings is 2. The van der Waals surface area contributed by atoms with Crippen LogP contribution in [-0.4, -0.2) is 40.3 Å². The SMILES string of the molecule is CCCCN(C)C(=O)c1cncc(C(=O)NCc2cccnc2)c1. The molecule has 0 aliphatic heterocycles. The van der Waals surface area contributed by atoms with E-state index >= 15 is 0 Å². The minimum absolute atomic E-state index is 0.127. The topological polar surface area (TPSA) is 75.2 Å². The first-order valence-corrected chi connectivity index (χ1v) is 7.99. The van der Waals surface area contributed by atoms with Crippen molar-refractivity contribution in [2.45, 2.75) is 26.3 Å². The largest absolute Gasteiger partial charge is 0.348 e. The fourth-order valence-electron chi connectivity index (χ4n) is 2.19. The van der Waals surface area contributed by atoms with Gasteiger partial charge in [0.15, 0.2) is 0 Å². The zero-order valence-corrected chi connectivity index (χ0v) is 14.0. The number of nitrogens with one attached hydrogen (secondary N) is 1. The van der Waals surface area contributed by atoms with Crippen LogP contribution in [0.2, 0.25) is 0 Å². The molecule has 0 spiro atoms. The Hall–Kier alpha value is -2.76. The van der Waals surface area contributed by atoms with Crippen molar-refractivity contribution in [1.82, 2.24) is 20.2 Å². The maximum Gasteiger partial charge on any atom is 0.255 e. The zero-order chi connectivity index (χ0) is 17.4. The summed E-state index contributed by atoms with van der Waals surface area (Å²) in [4.78, 5) is 34.3. The van der Waals surface area contributed by atoms with Crippen LogP contribution in [0.15, 0.2) is 43.0 Å². The molecule has 126 valence electrons. The first-order chi connectivity index (χ1) is 11.6. The smallest absolute Gasteiger partial charge is 0.255 e. The summed E-state index contributed by atoms with van der Waals surface area (Å²) in [6.07, 6.45) is 8.29. The van der Waals surface area contributed by atoms with Gasteiger partial charge in [-0.3, -0.25) is 19.6 Å². The third kappa shape index (κ3) is 4.87. The van der Waals surface area contributed by atoms with Gasteiger partial charge in [-0.15, -0.1) is 0 Å². The zero-order valence-electron chi connectivity index (χ0n) is 14.0. The van der Waals surface area contributed by atoms with Crippen molar-refractivity contribution in [1.29, 1.82) is 0 Å². The molecule has 1 N–H and O–H groups in total. The Labute approximate surface area is 141 Å². The van der Waals surface area contributed by atoms with Gasteiger partial charge in [0.25, 0.3) is 11.8 Å². The highest BCUT2D eigenvalue weighted by Gasteiger charge is 2.14. The summed E-state index contributed by atoms with van der Waals surface area (Å²) in [5.41, 5.74) is 1.70. The third-order valence-corrected chi connectivity index (χ3v) is 3.62. The molecular formula is C18H22N4O2. The van der Waals surface area contributed by atoms with E-state index in [1.165, 1.54) is 12.4 Å². The van der Waals surface area contributed by atoms with Crippen LogP contribution in [0.25, 0.3) is 0 Å². The minimum Gasteiger partial charge on any atom is -0.348 e. The van der Waals surface area contributed by atoms with Gasteiger partial charge >= 0.3 is 0 Å². The molecule has 24 heavy (non-hydrogen) atoms. The number of hydrogen-bond donors (Lipinski definition) is 1. The Morgan fingerprint density at radius 3 is 2.67 bits per heavy atom. The highest BCUT2D eigenvalue weighted by molar-refractivity contribution is 5.99. The van der Waals surface area contributed by atoms with Gasteiger partial charge in [0, 0.05) is 44.9 Å². The van der Waals surface area contributed by atoms with Crippen LogP contribution in [0, 0.1) is 0 Å². The molecular weight excluding hydrogens is 304 g/mol. The summed E-state index contributed by atoms with van der Waals surface area (Å²) < 4.78 is 0. The minimum atomic E-state index is -0.266.